The third-order valence-corrected chi connectivity index (χ3v) is 6.21. The van der Waals surface area contributed by atoms with Crippen LogP contribution in [0.1, 0.15) is 57.6 Å². The molecule has 2 aromatic rings. The summed E-state index contributed by atoms with van der Waals surface area (Å²) >= 11 is 7.54. The number of rotatable bonds is 5. The first-order valence-electron chi connectivity index (χ1n) is 9.00. The maximum Gasteiger partial charge on any atom is 0.263 e. The second kappa shape index (κ2) is 8.23. The van der Waals surface area contributed by atoms with E-state index in [1.807, 2.05) is 35.8 Å². The summed E-state index contributed by atoms with van der Waals surface area (Å²) in [5.74, 6) is 0.0667. The average molecular weight is 391 g/mol. The van der Waals surface area contributed by atoms with Crippen LogP contribution in [0.5, 0.6) is 0 Å². The summed E-state index contributed by atoms with van der Waals surface area (Å²) in [5, 5.41) is 0.565. The summed E-state index contributed by atoms with van der Waals surface area (Å²) < 4.78 is 0. The molecule has 0 N–H and O–H groups in total. The van der Waals surface area contributed by atoms with Gasteiger partial charge in [0.1, 0.15) is 0 Å². The van der Waals surface area contributed by atoms with Gasteiger partial charge in [-0.15, -0.1) is 11.3 Å². The van der Waals surface area contributed by atoms with Crippen molar-refractivity contribution in [2.24, 2.45) is 0 Å². The molecule has 1 aromatic carbocycles. The van der Waals surface area contributed by atoms with Crippen LogP contribution in [0.3, 0.4) is 0 Å². The van der Waals surface area contributed by atoms with Crippen LogP contribution in [0, 0.1) is 0 Å². The predicted molar refractivity (Wildman–Crippen MR) is 106 cm³/mol. The Balaban J connectivity index is 1.80. The average Bonchev–Trinajstić information content (AvgIpc) is 3.31. The highest BCUT2D eigenvalue weighted by atomic mass is 35.5. The van der Waals surface area contributed by atoms with E-state index in [0.29, 0.717) is 23.7 Å². The van der Waals surface area contributed by atoms with Gasteiger partial charge in [0.05, 0.1) is 10.9 Å². The first-order chi connectivity index (χ1) is 12.5. The van der Waals surface area contributed by atoms with E-state index in [-0.39, 0.29) is 17.9 Å². The quantitative estimate of drug-likeness (QED) is 0.731. The molecule has 0 bridgehead atoms. The fourth-order valence-electron chi connectivity index (χ4n) is 3.41. The summed E-state index contributed by atoms with van der Waals surface area (Å²) in [4.78, 5) is 31.0. The Kier molecular flexibility index (Phi) is 5.99. The second-order valence-corrected chi connectivity index (χ2v) is 7.90. The molecule has 1 fully saturated rings. The lowest BCUT2D eigenvalue weighted by atomic mass is 10.1. The van der Waals surface area contributed by atoms with Crippen LogP contribution in [0.25, 0.3) is 0 Å². The molecule has 2 heterocycles. The molecule has 1 aliphatic rings. The summed E-state index contributed by atoms with van der Waals surface area (Å²) in [6.07, 6.45) is 1.89. The number of benzene rings is 1. The summed E-state index contributed by atoms with van der Waals surface area (Å²) in [6, 6.07) is 11.0. The minimum absolute atomic E-state index is 0.0000180. The summed E-state index contributed by atoms with van der Waals surface area (Å²) in [6.45, 7) is 6.10. The molecular formula is C20H23ClN2O2S. The van der Waals surface area contributed by atoms with Gasteiger partial charge in [-0.2, -0.15) is 0 Å². The highest BCUT2D eigenvalue weighted by Crippen LogP contribution is 2.37. The van der Waals surface area contributed by atoms with E-state index in [1.54, 1.807) is 24.3 Å². The van der Waals surface area contributed by atoms with E-state index >= 15 is 0 Å². The van der Waals surface area contributed by atoms with Gasteiger partial charge in [-0.1, -0.05) is 17.7 Å². The number of thiophene rings is 1. The third kappa shape index (κ3) is 3.79. The molecule has 1 aliphatic heterocycles. The van der Waals surface area contributed by atoms with Gasteiger partial charge in [0, 0.05) is 35.1 Å². The van der Waals surface area contributed by atoms with Gasteiger partial charge in [0.25, 0.3) is 11.8 Å². The molecule has 0 saturated carbocycles. The first-order valence-corrected chi connectivity index (χ1v) is 10.2. The normalized spacial score (nSPS) is 16.7. The number of carbonyl (C=O) groups is 2. The largest absolute Gasteiger partial charge is 0.339 e. The lowest BCUT2D eigenvalue weighted by Crippen LogP contribution is -2.30. The third-order valence-electron chi connectivity index (χ3n) is 4.80. The van der Waals surface area contributed by atoms with Gasteiger partial charge in [0.15, 0.2) is 0 Å². The Hall–Kier alpha value is -1.85. The fraction of sp³-hybridized carbons (Fsp3) is 0.400. The molecule has 1 atom stereocenters. The SMILES string of the molecule is CCN(CC)C(=O)c1ccc(C2CCCN2C(=O)c2cccc(Cl)c2)s1. The molecule has 6 heteroatoms. The van der Waals surface area contributed by atoms with Crippen LogP contribution in [0.2, 0.25) is 5.02 Å². The van der Waals surface area contributed by atoms with Gasteiger partial charge in [-0.05, 0) is 57.0 Å². The Morgan fingerprint density at radius 2 is 2.00 bits per heavy atom. The maximum atomic E-state index is 12.9. The van der Waals surface area contributed by atoms with Gasteiger partial charge in [-0.3, -0.25) is 9.59 Å². The van der Waals surface area contributed by atoms with E-state index in [2.05, 4.69) is 0 Å². The molecule has 4 nitrogen and oxygen atoms in total. The molecule has 1 saturated heterocycles. The summed E-state index contributed by atoms with van der Waals surface area (Å²) in [7, 11) is 0. The van der Waals surface area contributed by atoms with E-state index < -0.39 is 0 Å². The zero-order valence-corrected chi connectivity index (χ0v) is 16.6. The van der Waals surface area contributed by atoms with Crippen molar-refractivity contribution in [1.82, 2.24) is 9.80 Å². The Morgan fingerprint density at radius 1 is 1.23 bits per heavy atom. The molecule has 26 heavy (non-hydrogen) atoms. The van der Waals surface area contributed by atoms with Crippen molar-refractivity contribution >= 4 is 34.8 Å². The van der Waals surface area contributed by atoms with E-state index in [4.69, 9.17) is 11.6 Å². The van der Waals surface area contributed by atoms with Crippen molar-refractivity contribution in [3.8, 4) is 0 Å². The number of halogens is 1. The maximum absolute atomic E-state index is 12.9. The lowest BCUT2D eigenvalue weighted by Gasteiger charge is -2.24. The number of nitrogens with zero attached hydrogens (tertiary/aromatic N) is 2. The molecule has 3 rings (SSSR count). The van der Waals surface area contributed by atoms with Crippen LogP contribution in [0.4, 0.5) is 0 Å². The molecule has 138 valence electrons. The lowest BCUT2D eigenvalue weighted by molar-refractivity contribution is 0.0737. The molecule has 2 amide bonds. The van der Waals surface area contributed by atoms with Crippen LogP contribution < -0.4 is 0 Å². The van der Waals surface area contributed by atoms with Crippen molar-refractivity contribution < 1.29 is 9.59 Å². The monoisotopic (exact) mass is 390 g/mol. The predicted octanol–water partition coefficient (Wildman–Crippen LogP) is 4.86. The minimum atomic E-state index is 0.0000180. The fourth-order valence-corrected chi connectivity index (χ4v) is 4.72. The van der Waals surface area contributed by atoms with Gasteiger partial charge >= 0.3 is 0 Å². The molecule has 0 radical (unpaired) electrons. The van der Waals surface area contributed by atoms with Crippen molar-refractivity contribution in [3.63, 3.8) is 0 Å². The smallest absolute Gasteiger partial charge is 0.263 e. The number of carbonyl (C=O) groups excluding carboxylic acids is 2. The molecule has 0 aliphatic carbocycles. The van der Waals surface area contributed by atoms with Gasteiger partial charge < -0.3 is 9.80 Å². The van der Waals surface area contributed by atoms with E-state index in [9.17, 15) is 9.59 Å². The highest BCUT2D eigenvalue weighted by molar-refractivity contribution is 7.14. The van der Waals surface area contributed by atoms with Crippen molar-refractivity contribution in [3.05, 3.63) is 56.7 Å². The number of hydrogen-bond donors (Lipinski definition) is 0. The minimum Gasteiger partial charge on any atom is -0.339 e. The number of likely N-dealkylation sites (tertiary alicyclic amines) is 1. The second-order valence-electron chi connectivity index (χ2n) is 6.35. The highest BCUT2D eigenvalue weighted by Gasteiger charge is 2.32. The Labute approximate surface area is 163 Å². The molecule has 1 unspecified atom stereocenters. The van der Waals surface area contributed by atoms with Crippen molar-refractivity contribution in [2.45, 2.75) is 32.7 Å². The van der Waals surface area contributed by atoms with Gasteiger partial charge in [0.2, 0.25) is 0 Å². The molecule has 0 spiro atoms. The number of amides is 2. The molecular weight excluding hydrogens is 368 g/mol. The Morgan fingerprint density at radius 3 is 2.69 bits per heavy atom. The Bertz CT molecular complexity index is 801. The zero-order valence-electron chi connectivity index (χ0n) is 15.1. The first kappa shape index (κ1) is 18.9. The van der Waals surface area contributed by atoms with E-state index in [0.717, 1.165) is 29.1 Å². The van der Waals surface area contributed by atoms with Crippen LogP contribution >= 0.6 is 22.9 Å². The topological polar surface area (TPSA) is 40.6 Å². The summed E-state index contributed by atoms with van der Waals surface area (Å²) in [5.41, 5.74) is 0.611. The van der Waals surface area contributed by atoms with Crippen molar-refractivity contribution in [2.75, 3.05) is 19.6 Å². The zero-order chi connectivity index (χ0) is 18.7. The van der Waals surface area contributed by atoms with Crippen LogP contribution in [-0.2, 0) is 0 Å². The van der Waals surface area contributed by atoms with E-state index in [1.165, 1.54) is 11.3 Å². The van der Waals surface area contributed by atoms with Crippen LogP contribution in [0.15, 0.2) is 36.4 Å². The number of hydrogen-bond acceptors (Lipinski definition) is 3. The standard InChI is InChI=1S/C20H23ClN2O2S/c1-3-22(4-2)20(25)18-11-10-17(26-18)16-9-6-12-23(16)19(24)14-7-5-8-15(21)13-14/h5,7-8,10-11,13,16H,3-4,6,9,12H2,1-2H3. The molecule has 1 aromatic heterocycles. The van der Waals surface area contributed by atoms with Crippen molar-refractivity contribution in [1.29, 1.82) is 0 Å². The van der Waals surface area contributed by atoms with Gasteiger partial charge in [-0.25, -0.2) is 0 Å². The van der Waals surface area contributed by atoms with Crippen LogP contribution in [-0.4, -0.2) is 41.2 Å².